The zero-order valence-corrected chi connectivity index (χ0v) is 11.4. The fourth-order valence-corrected chi connectivity index (χ4v) is 3.23. The van der Waals surface area contributed by atoms with E-state index >= 15 is 0 Å². The van der Waals surface area contributed by atoms with E-state index in [4.69, 9.17) is 0 Å². The minimum Gasteiger partial charge on any atom is -0.366 e. The Labute approximate surface area is 110 Å². The van der Waals surface area contributed by atoms with Crippen molar-refractivity contribution in [2.45, 2.75) is 13.0 Å². The van der Waals surface area contributed by atoms with Gasteiger partial charge < -0.3 is 9.80 Å². The molecule has 0 saturated carbocycles. The molecule has 1 aromatic rings. The van der Waals surface area contributed by atoms with Crippen LogP contribution in [0.1, 0.15) is 6.92 Å². The summed E-state index contributed by atoms with van der Waals surface area (Å²) in [5, 5.41) is 0. The van der Waals surface area contributed by atoms with E-state index in [1.54, 1.807) is 6.92 Å². The van der Waals surface area contributed by atoms with Crippen molar-refractivity contribution in [2.24, 2.45) is 5.92 Å². The molecule has 2 aliphatic heterocycles. The van der Waals surface area contributed by atoms with Gasteiger partial charge in [0.25, 0.3) is 0 Å². The third-order valence-electron chi connectivity index (χ3n) is 3.82. The maximum Gasteiger partial charge on any atom is 0.219 e. The lowest BCUT2D eigenvalue weighted by atomic mass is 9.91. The number of rotatable bonds is 1. The van der Waals surface area contributed by atoms with Gasteiger partial charge in [-0.1, -0.05) is 22.0 Å². The van der Waals surface area contributed by atoms with E-state index < -0.39 is 0 Å². The highest BCUT2D eigenvalue weighted by Crippen LogP contribution is 2.37. The van der Waals surface area contributed by atoms with Crippen LogP contribution in [0, 0.1) is 5.92 Å². The van der Waals surface area contributed by atoms with Crippen molar-refractivity contribution in [3.63, 3.8) is 0 Å². The molecule has 0 aliphatic carbocycles. The molecule has 2 fully saturated rings. The Hall–Kier alpha value is -1.03. The maximum atomic E-state index is 11.4. The summed E-state index contributed by atoms with van der Waals surface area (Å²) in [5.74, 6) is 0.867. The largest absolute Gasteiger partial charge is 0.366 e. The van der Waals surface area contributed by atoms with Gasteiger partial charge in [-0.2, -0.15) is 0 Å². The van der Waals surface area contributed by atoms with Gasteiger partial charge in [-0.15, -0.1) is 0 Å². The van der Waals surface area contributed by atoms with Crippen LogP contribution in [0.15, 0.2) is 28.7 Å². The van der Waals surface area contributed by atoms with Gasteiger partial charge in [0.1, 0.15) is 0 Å². The molecule has 0 radical (unpaired) electrons. The number of nitrogens with zero attached hydrogens (tertiary/aromatic N) is 2. The van der Waals surface area contributed by atoms with Gasteiger partial charge >= 0.3 is 0 Å². The van der Waals surface area contributed by atoms with Gasteiger partial charge in [0, 0.05) is 42.6 Å². The number of likely N-dealkylation sites (tertiary alicyclic amines) is 1. The van der Waals surface area contributed by atoms with E-state index in [0.29, 0.717) is 12.0 Å². The monoisotopic (exact) mass is 294 g/mol. The molecule has 4 heteroatoms. The van der Waals surface area contributed by atoms with E-state index in [0.717, 1.165) is 24.1 Å². The second kappa shape index (κ2) is 4.02. The molecule has 3 nitrogen and oxygen atoms in total. The summed E-state index contributed by atoms with van der Waals surface area (Å²) in [6.45, 7) is 4.55. The molecule has 2 atom stereocenters. The summed E-state index contributed by atoms with van der Waals surface area (Å²) in [4.78, 5) is 15.7. The number of amides is 1. The summed E-state index contributed by atoms with van der Waals surface area (Å²) >= 11 is 3.50. The molecule has 0 spiro atoms. The Bertz CT molecular complexity index is 462. The molecule has 3 rings (SSSR count). The van der Waals surface area contributed by atoms with Crippen molar-refractivity contribution in [2.75, 3.05) is 24.5 Å². The van der Waals surface area contributed by atoms with Crippen LogP contribution in [0.2, 0.25) is 0 Å². The second-order valence-corrected chi connectivity index (χ2v) is 5.80. The van der Waals surface area contributed by atoms with Crippen LogP contribution in [0.4, 0.5) is 5.69 Å². The van der Waals surface area contributed by atoms with Crippen molar-refractivity contribution in [1.82, 2.24) is 4.90 Å². The number of hydrogen-bond donors (Lipinski definition) is 0. The van der Waals surface area contributed by atoms with E-state index in [1.807, 2.05) is 11.0 Å². The highest BCUT2D eigenvalue weighted by molar-refractivity contribution is 9.10. The van der Waals surface area contributed by atoms with E-state index in [9.17, 15) is 4.79 Å². The predicted octanol–water partition coefficient (Wildman–Crippen LogP) is 2.12. The molecule has 1 aromatic carbocycles. The van der Waals surface area contributed by atoms with Gasteiger partial charge in [0.15, 0.2) is 0 Å². The third kappa shape index (κ3) is 1.84. The summed E-state index contributed by atoms with van der Waals surface area (Å²) in [5.41, 5.74) is 1.26. The Morgan fingerprint density at radius 1 is 1.35 bits per heavy atom. The first-order valence-electron chi connectivity index (χ1n) is 5.93. The summed E-state index contributed by atoms with van der Waals surface area (Å²) < 4.78 is 1.11. The van der Waals surface area contributed by atoms with Crippen LogP contribution in [-0.2, 0) is 4.79 Å². The lowest BCUT2D eigenvalue weighted by Crippen LogP contribution is -2.55. The molecule has 0 aromatic heterocycles. The lowest BCUT2D eigenvalue weighted by molar-refractivity contribution is -0.127. The van der Waals surface area contributed by atoms with Crippen LogP contribution < -0.4 is 4.90 Å². The highest BCUT2D eigenvalue weighted by Gasteiger charge is 2.46. The predicted molar refractivity (Wildman–Crippen MR) is 71.0 cm³/mol. The summed E-state index contributed by atoms with van der Waals surface area (Å²) in [7, 11) is 0. The van der Waals surface area contributed by atoms with Crippen LogP contribution >= 0.6 is 15.9 Å². The first kappa shape index (κ1) is 11.1. The standard InChI is InChI=1S/C13H15BrN2O/c1-9(17)15-6-10-7-16(13(10)8-15)12-4-2-3-11(14)5-12/h2-5,10,13H,6-8H2,1H3. The number of fused-ring (bicyclic) bond motifs is 1. The topological polar surface area (TPSA) is 23.6 Å². The number of benzene rings is 1. The highest BCUT2D eigenvalue weighted by atomic mass is 79.9. The molecule has 0 bridgehead atoms. The fraction of sp³-hybridized carbons (Fsp3) is 0.462. The van der Waals surface area contributed by atoms with Crippen LogP contribution in [-0.4, -0.2) is 36.5 Å². The van der Waals surface area contributed by atoms with Gasteiger partial charge in [-0.05, 0) is 18.2 Å². The molecule has 1 amide bonds. The summed E-state index contributed by atoms with van der Waals surface area (Å²) in [6.07, 6.45) is 0. The molecular weight excluding hydrogens is 280 g/mol. The lowest BCUT2D eigenvalue weighted by Gasteiger charge is -2.45. The van der Waals surface area contributed by atoms with Crippen molar-refractivity contribution in [3.05, 3.63) is 28.7 Å². The van der Waals surface area contributed by atoms with Crippen LogP contribution in [0.3, 0.4) is 0 Å². The minimum absolute atomic E-state index is 0.202. The van der Waals surface area contributed by atoms with Crippen molar-refractivity contribution in [3.8, 4) is 0 Å². The van der Waals surface area contributed by atoms with Crippen molar-refractivity contribution >= 4 is 27.5 Å². The molecule has 2 saturated heterocycles. The quantitative estimate of drug-likeness (QED) is 0.792. The number of halogens is 1. The van der Waals surface area contributed by atoms with E-state index in [1.165, 1.54) is 5.69 Å². The number of carbonyl (C=O) groups excluding carboxylic acids is 1. The van der Waals surface area contributed by atoms with Crippen molar-refractivity contribution < 1.29 is 4.79 Å². The minimum atomic E-state index is 0.202. The molecule has 90 valence electrons. The van der Waals surface area contributed by atoms with Crippen LogP contribution in [0.5, 0.6) is 0 Å². The zero-order valence-electron chi connectivity index (χ0n) is 9.77. The number of carbonyl (C=O) groups is 1. The Kier molecular flexibility index (Phi) is 2.62. The maximum absolute atomic E-state index is 11.4. The molecular formula is C13H15BrN2O. The average Bonchev–Trinajstić information content (AvgIpc) is 2.57. The Morgan fingerprint density at radius 2 is 2.18 bits per heavy atom. The average molecular weight is 295 g/mol. The van der Waals surface area contributed by atoms with Gasteiger partial charge in [-0.25, -0.2) is 0 Å². The van der Waals surface area contributed by atoms with Crippen LogP contribution in [0.25, 0.3) is 0 Å². The van der Waals surface area contributed by atoms with E-state index in [-0.39, 0.29) is 5.91 Å². The number of anilines is 1. The zero-order chi connectivity index (χ0) is 12.0. The molecule has 2 aliphatic rings. The molecule has 2 unspecified atom stereocenters. The Balaban J connectivity index is 1.75. The first-order valence-corrected chi connectivity index (χ1v) is 6.72. The van der Waals surface area contributed by atoms with Gasteiger partial charge in [-0.3, -0.25) is 4.79 Å². The second-order valence-electron chi connectivity index (χ2n) is 4.88. The molecule has 2 heterocycles. The molecule has 17 heavy (non-hydrogen) atoms. The SMILES string of the molecule is CC(=O)N1CC2CN(c3cccc(Br)c3)C2C1. The first-order chi connectivity index (χ1) is 8.15. The van der Waals surface area contributed by atoms with Gasteiger partial charge in [0.2, 0.25) is 5.91 Å². The smallest absolute Gasteiger partial charge is 0.219 e. The summed E-state index contributed by atoms with van der Waals surface area (Å²) in [6, 6.07) is 8.90. The Morgan fingerprint density at radius 3 is 2.88 bits per heavy atom. The third-order valence-corrected chi connectivity index (χ3v) is 4.32. The normalized spacial score (nSPS) is 26.7. The molecule has 0 N–H and O–H groups in total. The van der Waals surface area contributed by atoms with Gasteiger partial charge in [0.05, 0.1) is 6.04 Å². The van der Waals surface area contributed by atoms with E-state index in [2.05, 4.69) is 39.0 Å². The number of hydrogen-bond acceptors (Lipinski definition) is 2. The fourth-order valence-electron chi connectivity index (χ4n) is 2.85. The van der Waals surface area contributed by atoms with Crippen molar-refractivity contribution in [1.29, 1.82) is 0 Å².